The number of rotatable bonds is 4. The molecule has 4 nitrogen and oxygen atoms in total. The molecule has 1 saturated heterocycles. The molecule has 0 bridgehead atoms. The summed E-state index contributed by atoms with van der Waals surface area (Å²) >= 11 is 0. The van der Waals surface area contributed by atoms with Gasteiger partial charge < -0.3 is 9.47 Å². The molecule has 1 rings (SSSR count). The van der Waals surface area contributed by atoms with Gasteiger partial charge in [0.25, 0.3) is 0 Å². The molecule has 0 aromatic rings. The van der Waals surface area contributed by atoms with Crippen LogP contribution in [-0.4, -0.2) is 50.8 Å². The number of methoxy groups -OCH3 is 2. The van der Waals surface area contributed by atoms with Gasteiger partial charge in [-0.2, -0.15) is 0 Å². The summed E-state index contributed by atoms with van der Waals surface area (Å²) in [5.74, 6) is -0.138. The van der Waals surface area contributed by atoms with E-state index in [4.69, 9.17) is 4.74 Å². The Labute approximate surface area is 66.1 Å². The third-order valence-corrected chi connectivity index (χ3v) is 1.77. The van der Waals surface area contributed by atoms with Crippen LogP contribution in [0.4, 0.5) is 0 Å². The maximum Gasteiger partial charge on any atom is 0.324 e. The Balaban J connectivity index is 2.11. The zero-order valence-electron chi connectivity index (χ0n) is 6.87. The quantitative estimate of drug-likeness (QED) is 0.409. The van der Waals surface area contributed by atoms with Gasteiger partial charge in [0, 0.05) is 20.2 Å². The predicted octanol–water partition coefficient (Wildman–Crippen LogP) is -0.510. The van der Waals surface area contributed by atoms with Gasteiger partial charge in [-0.05, 0) is 0 Å². The number of hydrogen-bond donors (Lipinski definition) is 0. The fourth-order valence-electron chi connectivity index (χ4n) is 0.990. The van der Waals surface area contributed by atoms with Gasteiger partial charge in [-0.25, -0.2) is 0 Å². The summed E-state index contributed by atoms with van der Waals surface area (Å²) in [6.07, 6.45) is 0. The molecule has 0 aromatic heterocycles. The monoisotopic (exact) mass is 159 g/mol. The van der Waals surface area contributed by atoms with Crippen LogP contribution in [0.5, 0.6) is 0 Å². The maximum absolute atomic E-state index is 10.8. The van der Waals surface area contributed by atoms with Gasteiger partial charge in [0.15, 0.2) is 0 Å². The second kappa shape index (κ2) is 3.69. The van der Waals surface area contributed by atoms with E-state index in [1.807, 2.05) is 4.90 Å². The van der Waals surface area contributed by atoms with Crippen LogP contribution < -0.4 is 0 Å². The molecule has 1 heterocycles. The molecule has 1 aliphatic heterocycles. The summed E-state index contributed by atoms with van der Waals surface area (Å²) < 4.78 is 9.42. The molecule has 0 radical (unpaired) electrons. The molecule has 2 atom stereocenters. The third kappa shape index (κ3) is 2.17. The molecule has 1 fully saturated rings. The first-order chi connectivity index (χ1) is 5.29. The molecule has 0 spiro atoms. The summed E-state index contributed by atoms with van der Waals surface area (Å²) in [4.78, 5) is 12.9. The molecule has 4 heteroatoms. The van der Waals surface area contributed by atoms with Crippen molar-refractivity contribution >= 4 is 5.97 Å². The highest BCUT2D eigenvalue weighted by molar-refractivity contribution is 5.78. The molecule has 64 valence electrons. The number of hydrogen-bond acceptors (Lipinski definition) is 4. The van der Waals surface area contributed by atoms with Gasteiger partial charge >= 0.3 is 5.97 Å². The first-order valence-corrected chi connectivity index (χ1v) is 3.60. The summed E-state index contributed by atoms with van der Waals surface area (Å²) in [6, 6.07) is -0.00449. The Hall–Kier alpha value is -0.610. The van der Waals surface area contributed by atoms with Gasteiger partial charge in [0.1, 0.15) is 6.04 Å². The molecular weight excluding hydrogens is 146 g/mol. The molecule has 0 N–H and O–H groups in total. The van der Waals surface area contributed by atoms with Crippen molar-refractivity contribution in [2.24, 2.45) is 0 Å². The minimum Gasteiger partial charge on any atom is -0.468 e. The third-order valence-electron chi connectivity index (χ3n) is 1.77. The van der Waals surface area contributed by atoms with Crippen molar-refractivity contribution in [2.75, 3.05) is 33.9 Å². The molecule has 0 amide bonds. The molecule has 2 unspecified atom stereocenters. The lowest BCUT2D eigenvalue weighted by Gasteiger charge is -2.00. The Morgan fingerprint density at radius 1 is 1.64 bits per heavy atom. The minimum absolute atomic E-state index is 0.00449. The SMILES string of the molecule is COCCN1CC1C(=O)OC. The van der Waals surface area contributed by atoms with Crippen LogP contribution in [-0.2, 0) is 14.3 Å². The Kier molecular flexibility index (Phi) is 2.84. The summed E-state index contributed by atoms with van der Waals surface area (Å²) in [5.41, 5.74) is 0. The Bertz CT molecular complexity index is 149. The van der Waals surface area contributed by atoms with E-state index in [-0.39, 0.29) is 12.0 Å². The topological polar surface area (TPSA) is 38.5 Å². The van der Waals surface area contributed by atoms with Crippen LogP contribution in [0.1, 0.15) is 0 Å². The van der Waals surface area contributed by atoms with Crippen molar-refractivity contribution in [3.05, 3.63) is 0 Å². The highest BCUT2D eigenvalue weighted by Gasteiger charge is 2.40. The van der Waals surface area contributed by atoms with E-state index >= 15 is 0 Å². The molecule has 1 aliphatic rings. The van der Waals surface area contributed by atoms with E-state index < -0.39 is 0 Å². The van der Waals surface area contributed by atoms with Crippen molar-refractivity contribution in [3.63, 3.8) is 0 Å². The Morgan fingerprint density at radius 2 is 2.36 bits per heavy atom. The minimum atomic E-state index is -0.138. The summed E-state index contributed by atoms with van der Waals surface area (Å²) in [7, 11) is 3.06. The van der Waals surface area contributed by atoms with Crippen molar-refractivity contribution in [2.45, 2.75) is 6.04 Å². The molecule has 11 heavy (non-hydrogen) atoms. The molecule has 0 aliphatic carbocycles. The number of esters is 1. The number of nitrogens with zero attached hydrogens (tertiary/aromatic N) is 1. The highest BCUT2D eigenvalue weighted by Crippen LogP contribution is 2.17. The van der Waals surface area contributed by atoms with Gasteiger partial charge in [0.2, 0.25) is 0 Å². The first-order valence-electron chi connectivity index (χ1n) is 3.60. The van der Waals surface area contributed by atoms with Crippen molar-refractivity contribution in [3.8, 4) is 0 Å². The zero-order valence-corrected chi connectivity index (χ0v) is 6.87. The van der Waals surface area contributed by atoms with Crippen molar-refractivity contribution in [1.82, 2.24) is 4.90 Å². The summed E-state index contributed by atoms with van der Waals surface area (Å²) in [6.45, 7) is 2.31. The molecule has 0 saturated carbocycles. The van der Waals surface area contributed by atoms with Crippen LogP contribution in [0.2, 0.25) is 0 Å². The predicted molar refractivity (Wildman–Crippen MR) is 39.3 cm³/mol. The average Bonchev–Trinajstić information content (AvgIpc) is 2.78. The number of carbonyl (C=O) groups is 1. The normalized spacial score (nSPS) is 28.2. The second-order valence-corrected chi connectivity index (χ2v) is 2.53. The molecule has 0 aromatic carbocycles. The van der Waals surface area contributed by atoms with Gasteiger partial charge in [0.05, 0.1) is 13.7 Å². The van der Waals surface area contributed by atoms with Gasteiger partial charge in [-0.15, -0.1) is 0 Å². The van der Waals surface area contributed by atoms with Gasteiger partial charge in [-0.1, -0.05) is 0 Å². The van der Waals surface area contributed by atoms with Crippen LogP contribution in [0.25, 0.3) is 0 Å². The van der Waals surface area contributed by atoms with Crippen LogP contribution in [0, 0.1) is 0 Å². The second-order valence-electron chi connectivity index (χ2n) is 2.53. The fraction of sp³-hybridized carbons (Fsp3) is 0.857. The van der Waals surface area contributed by atoms with Crippen LogP contribution in [0.3, 0.4) is 0 Å². The maximum atomic E-state index is 10.8. The van der Waals surface area contributed by atoms with E-state index in [0.717, 1.165) is 13.1 Å². The van der Waals surface area contributed by atoms with Crippen molar-refractivity contribution < 1.29 is 14.3 Å². The lowest BCUT2D eigenvalue weighted by atomic mass is 10.5. The van der Waals surface area contributed by atoms with Crippen LogP contribution in [0.15, 0.2) is 0 Å². The fourth-order valence-corrected chi connectivity index (χ4v) is 0.990. The zero-order chi connectivity index (χ0) is 8.27. The molecular formula is C7H13NO3. The first kappa shape index (κ1) is 8.49. The van der Waals surface area contributed by atoms with E-state index in [1.165, 1.54) is 7.11 Å². The average molecular weight is 159 g/mol. The van der Waals surface area contributed by atoms with Gasteiger partial charge in [-0.3, -0.25) is 9.69 Å². The lowest BCUT2D eigenvalue weighted by Crippen LogP contribution is -2.17. The smallest absolute Gasteiger partial charge is 0.324 e. The standard InChI is InChI=1S/C7H13NO3/c1-10-4-3-8-5-6(8)7(9)11-2/h6H,3-5H2,1-2H3. The Morgan fingerprint density at radius 3 is 2.91 bits per heavy atom. The lowest BCUT2D eigenvalue weighted by molar-refractivity contribution is -0.140. The summed E-state index contributed by atoms with van der Waals surface area (Å²) in [5, 5.41) is 0. The van der Waals surface area contributed by atoms with E-state index in [0.29, 0.717) is 6.61 Å². The largest absolute Gasteiger partial charge is 0.468 e. The van der Waals surface area contributed by atoms with E-state index in [1.54, 1.807) is 7.11 Å². The van der Waals surface area contributed by atoms with Crippen molar-refractivity contribution in [1.29, 1.82) is 0 Å². The van der Waals surface area contributed by atoms with E-state index in [9.17, 15) is 4.79 Å². The van der Waals surface area contributed by atoms with Crippen LogP contribution >= 0.6 is 0 Å². The number of carbonyl (C=O) groups excluding carboxylic acids is 1. The highest BCUT2D eigenvalue weighted by atomic mass is 16.5. The number of ether oxygens (including phenoxy) is 2. The van der Waals surface area contributed by atoms with E-state index in [2.05, 4.69) is 4.74 Å².